The van der Waals surface area contributed by atoms with E-state index in [0.29, 0.717) is 6.10 Å². The van der Waals surface area contributed by atoms with Crippen LogP contribution in [0.15, 0.2) is 24.3 Å². The van der Waals surface area contributed by atoms with Gasteiger partial charge in [0, 0.05) is 19.0 Å². The largest absolute Gasteiger partial charge is 0.488 e. The van der Waals surface area contributed by atoms with E-state index >= 15 is 0 Å². The Kier molecular flexibility index (Phi) is 3.52. The monoisotopic (exact) mass is 246 g/mol. The lowest BCUT2D eigenvalue weighted by Crippen LogP contribution is -2.37. The summed E-state index contributed by atoms with van der Waals surface area (Å²) in [7, 11) is 0. The lowest BCUT2D eigenvalue weighted by atomic mass is 10.1. The first-order valence-corrected chi connectivity index (χ1v) is 7.05. The number of para-hydroxylation sites is 1. The third-order valence-corrected chi connectivity index (χ3v) is 3.86. The zero-order valence-electron chi connectivity index (χ0n) is 10.8. The van der Waals surface area contributed by atoms with Gasteiger partial charge in [-0.2, -0.15) is 0 Å². The van der Waals surface area contributed by atoms with Crippen LogP contribution in [0.4, 0.5) is 0 Å². The van der Waals surface area contributed by atoms with Crippen molar-refractivity contribution in [2.45, 2.75) is 37.8 Å². The van der Waals surface area contributed by atoms with E-state index in [1.165, 1.54) is 18.4 Å². The number of nitrogens with zero attached hydrogens (tertiary/aromatic N) is 1. The topological polar surface area (TPSA) is 38.5 Å². The van der Waals surface area contributed by atoms with E-state index in [1.54, 1.807) is 0 Å². The van der Waals surface area contributed by atoms with E-state index in [2.05, 4.69) is 23.1 Å². The third kappa shape index (κ3) is 2.68. The van der Waals surface area contributed by atoms with Crippen LogP contribution in [0, 0.1) is 0 Å². The fourth-order valence-corrected chi connectivity index (χ4v) is 2.77. The Balaban J connectivity index is 1.57. The Bertz CT molecular complexity index is 378. The van der Waals surface area contributed by atoms with Gasteiger partial charge in [0.15, 0.2) is 0 Å². The molecule has 1 aromatic rings. The van der Waals surface area contributed by atoms with Crippen LogP contribution in [0.3, 0.4) is 0 Å². The van der Waals surface area contributed by atoms with Crippen molar-refractivity contribution in [3.05, 3.63) is 29.8 Å². The molecule has 0 saturated heterocycles. The molecule has 1 aliphatic heterocycles. The number of nitrogens with two attached hydrogens (primary N) is 1. The molecule has 0 amide bonds. The smallest absolute Gasteiger partial charge is 0.123 e. The summed E-state index contributed by atoms with van der Waals surface area (Å²) in [6, 6.07) is 9.20. The molecule has 1 saturated carbocycles. The highest BCUT2D eigenvalue weighted by molar-refractivity contribution is 5.37. The average Bonchev–Trinajstić information content (AvgIpc) is 3.14. The van der Waals surface area contributed by atoms with Crippen molar-refractivity contribution in [2.24, 2.45) is 5.73 Å². The van der Waals surface area contributed by atoms with Gasteiger partial charge in [0.1, 0.15) is 11.9 Å². The van der Waals surface area contributed by atoms with E-state index < -0.39 is 0 Å². The maximum absolute atomic E-state index is 6.02. The summed E-state index contributed by atoms with van der Waals surface area (Å²) in [5.74, 6) is 1.08. The molecule has 3 rings (SSSR count). The van der Waals surface area contributed by atoms with Crippen LogP contribution in [0.1, 0.15) is 24.8 Å². The summed E-state index contributed by atoms with van der Waals surface area (Å²) in [6.45, 7) is 2.96. The summed E-state index contributed by atoms with van der Waals surface area (Å²) >= 11 is 0. The zero-order valence-corrected chi connectivity index (χ0v) is 10.8. The molecule has 0 radical (unpaired) electrons. The van der Waals surface area contributed by atoms with Gasteiger partial charge in [-0.05, 0) is 44.0 Å². The summed E-state index contributed by atoms with van der Waals surface area (Å²) in [5, 5.41) is 0. The molecule has 1 aromatic carbocycles. The SMILES string of the molecule is NCCCN(CC1Cc2ccccc2O1)C1CC1. The van der Waals surface area contributed by atoms with Gasteiger partial charge in [0.05, 0.1) is 0 Å². The molecule has 0 aromatic heterocycles. The Hall–Kier alpha value is -1.06. The number of ether oxygens (including phenoxy) is 1. The molecule has 0 bridgehead atoms. The second-order valence-electron chi connectivity index (χ2n) is 5.42. The van der Waals surface area contributed by atoms with Crippen molar-refractivity contribution < 1.29 is 4.74 Å². The Morgan fingerprint density at radius 2 is 2.11 bits per heavy atom. The molecular formula is C15H22N2O. The van der Waals surface area contributed by atoms with Crippen LogP contribution in [-0.4, -0.2) is 36.7 Å². The van der Waals surface area contributed by atoms with Gasteiger partial charge in [-0.15, -0.1) is 0 Å². The van der Waals surface area contributed by atoms with E-state index in [9.17, 15) is 0 Å². The Morgan fingerprint density at radius 1 is 1.28 bits per heavy atom. The lowest BCUT2D eigenvalue weighted by molar-refractivity contribution is 0.144. The van der Waals surface area contributed by atoms with Gasteiger partial charge >= 0.3 is 0 Å². The van der Waals surface area contributed by atoms with Gasteiger partial charge in [-0.3, -0.25) is 4.90 Å². The number of rotatable bonds is 6. The molecule has 18 heavy (non-hydrogen) atoms. The molecule has 1 atom stereocenters. The van der Waals surface area contributed by atoms with E-state index in [-0.39, 0.29) is 0 Å². The standard InChI is InChI=1S/C15H22N2O/c16-8-3-9-17(13-6-7-13)11-14-10-12-4-1-2-5-15(12)18-14/h1-2,4-5,13-14H,3,6-11,16H2. The summed E-state index contributed by atoms with van der Waals surface area (Å²) in [6.07, 6.45) is 5.19. The number of hydrogen-bond donors (Lipinski definition) is 1. The van der Waals surface area contributed by atoms with E-state index in [0.717, 1.165) is 44.3 Å². The molecule has 1 unspecified atom stereocenters. The fraction of sp³-hybridized carbons (Fsp3) is 0.600. The van der Waals surface area contributed by atoms with Crippen LogP contribution in [0.2, 0.25) is 0 Å². The van der Waals surface area contributed by atoms with Crippen molar-refractivity contribution in [1.82, 2.24) is 4.90 Å². The Labute approximate surface area is 109 Å². The highest BCUT2D eigenvalue weighted by Crippen LogP contribution is 2.31. The highest BCUT2D eigenvalue weighted by atomic mass is 16.5. The molecule has 3 nitrogen and oxygen atoms in total. The molecule has 98 valence electrons. The fourth-order valence-electron chi connectivity index (χ4n) is 2.77. The zero-order chi connectivity index (χ0) is 12.4. The predicted molar refractivity (Wildman–Crippen MR) is 72.8 cm³/mol. The highest BCUT2D eigenvalue weighted by Gasteiger charge is 2.32. The molecule has 1 fully saturated rings. The summed E-state index contributed by atoms with van der Waals surface area (Å²) in [4.78, 5) is 2.57. The van der Waals surface area contributed by atoms with Crippen LogP contribution in [0.5, 0.6) is 5.75 Å². The van der Waals surface area contributed by atoms with Gasteiger partial charge in [0.25, 0.3) is 0 Å². The molecule has 1 aliphatic carbocycles. The molecule has 1 heterocycles. The predicted octanol–water partition coefficient (Wildman–Crippen LogP) is 1.80. The quantitative estimate of drug-likeness (QED) is 0.832. The lowest BCUT2D eigenvalue weighted by Gasteiger charge is -2.24. The Morgan fingerprint density at radius 3 is 2.83 bits per heavy atom. The first-order valence-electron chi connectivity index (χ1n) is 7.05. The van der Waals surface area contributed by atoms with Crippen molar-refractivity contribution in [3.8, 4) is 5.75 Å². The van der Waals surface area contributed by atoms with Crippen molar-refractivity contribution >= 4 is 0 Å². The molecule has 2 aliphatic rings. The van der Waals surface area contributed by atoms with Crippen LogP contribution in [-0.2, 0) is 6.42 Å². The summed E-state index contributed by atoms with van der Waals surface area (Å²) < 4.78 is 6.02. The third-order valence-electron chi connectivity index (χ3n) is 3.86. The molecular weight excluding hydrogens is 224 g/mol. The average molecular weight is 246 g/mol. The number of benzene rings is 1. The van der Waals surface area contributed by atoms with Gasteiger partial charge in [-0.1, -0.05) is 18.2 Å². The number of hydrogen-bond acceptors (Lipinski definition) is 3. The van der Waals surface area contributed by atoms with Gasteiger partial charge in [0.2, 0.25) is 0 Å². The van der Waals surface area contributed by atoms with Crippen LogP contribution >= 0.6 is 0 Å². The first kappa shape index (κ1) is 12.0. The van der Waals surface area contributed by atoms with Crippen molar-refractivity contribution in [1.29, 1.82) is 0 Å². The molecule has 2 N–H and O–H groups in total. The minimum Gasteiger partial charge on any atom is -0.488 e. The van der Waals surface area contributed by atoms with Crippen LogP contribution < -0.4 is 10.5 Å². The number of fused-ring (bicyclic) bond motifs is 1. The van der Waals surface area contributed by atoms with Gasteiger partial charge < -0.3 is 10.5 Å². The summed E-state index contributed by atoms with van der Waals surface area (Å²) in [5.41, 5.74) is 6.97. The van der Waals surface area contributed by atoms with Crippen molar-refractivity contribution in [3.63, 3.8) is 0 Å². The second kappa shape index (κ2) is 5.29. The minimum absolute atomic E-state index is 0.334. The van der Waals surface area contributed by atoms with Gasteiger partial charge in [-0.25, -0.2) is 0 Å². The van der Waals surface area contributed by atoms with E-state index in [1.807, 2.05) is 6.07 Å². The molecule has 0 spiro atoms. The minimum atomic E-state index is 0.334. The first-order chi connectivity index (χ1) is 8.86. The van der Waals surface area contributed by atoms with Crippen LogP contribution in [0.25, 0.3) is 0 Å². The maximum atomic E-state index is 6.02. The molecule has 3 heteroatoms. The van der Waals surface area contributed by atoms with E-state index in [4.69, 9.17) is 10.5 Å². The maximum Gasteiger partial charge on any atom is 0.123 e. The second-order valence-corrected chi connectivity index (χ2v) is 5.42. The normalized spacial score (nSPS) is 22.0. The van der Waals surface area contributed by atoms with Crippen molar-refractivity contribution in [2.75, 3.05) is 19.6 Å².